The predicted octanol–water partition coefficient (Wildman–Crippen LogP) is 1.59. The van der Waals surface area contributed by atoms with E-state index in [0.717, 1.165) is 11.3 Å². The maximum atomic E-state index is 5.28. The SMILES string of the molecule is COCCOCC(OC)=C(C)C. The van der Waals surface area contributed by atoms with Crippen LogP contribution in [-0.4, -0.2) is 34.0 Å². The Morgan fingerprint density at radius 1 is 1.08 bits per heavy atom. The van der Waals surface area contributed by atoms with Gasteiger partial charge < -0.3 is 14.2 Å². The van der Waals surface area contributed by atoms with Crippen molar-refractivity contribution < 1.29 is 14.2 Å². The Morgan fingerprint density at radius 3 is 2.17 bits per heavy atom. The van der Waals surface area contributed by atoms with Gasteiger partial charge in [0.2, 0.25) is 0 Å². The van der Waals surface area contributed by atoms with E-state index in [2.05, 4.69) is 0 Å². The summed E-state index contributed by atoms with van der Waals surface area (Å²) in [5, 5.41) is 0. The third-order valence-electron chi connectivity index (χ3n) is 1.47. The third kappa shape index (κ3) is 5.16. The molecule has 0 unspecified atom stereocenters. The fraction of sp³-hybridized carbons (Fsp3) is 0.778. The smallest absolute Gasteiger partial charge is 0.120 e. The lowest BCUT2D eigenvalue weighted by atomic mass is 10.3. The van der Waals surface area contributed by atoms with Gasteiger partial charge in [-0.1, -0.05) is 0 Å². The van der Waals surface area contributed by atoms with Crippen LogP contribution in [0.1, 0.15) is 13.8 Å². The van der Waals surface area contributed by atoms with Crippen molar-refractivity contribution in [2.75, 3.05) is 34.0 Å². The summed E-state index contributed by atoms with van der Waals surface area (Å²) in [4.78, 5) is 0. The Morgan fingerprint density at radius 2 is 1.75 bits per heavy atom. The number of ether oxygens (including phenoxy) is 3. The summed E-state index contributed by atoms with van der Waals surface area (Å²) in [5.74, 6) is 0.895. The standard InChI is InChI=1S/C9H18O3/c1-8(2)9(11-4)7-12-6-5-10-3/h5-7H2,1-4H3. The lowest BCUT2D eigenvalue weighted by molar-refractivity contribution is 0.0633. The monoisotopic (exact) mass is 174 g/mol. The summed E-state index contributed by atoms with van der Waals surface area (Å²) in [6.45, 7) is 5.76. The molecule has 0 aliphatic rings. The highest BCUT2D eigenvalue weighted by atomic mass is 16.5. The van der Waals surface area contributed by atoms with Gasteiger partial charge in [-0.3, -0.25) is 0 Å². The molecular formula is C9H18O3. The second kappa shape index (κ2) is 7.13. The van der Waals surface area contributed by atoms with Crippen molar-refractivity contribution >= 4 is 0 Å². The van der Waals surface area contributed by atoms with Gasteiger partial charge in [0.15, 0.2) is 0 Å². The van der Waals surface area contributed by atoms with Crippen molar-refractivity contribution in [3.63, 3.8) is 0 Å². The lowest BCUT2D eigenvalue weighted by Crippen LogP contribution is -2.06. The Labute approximate surface area is 74.3 Å². The minimum atomic E-state index is 0.530. The van der Waals surface area contributed by atoms with Crippen LogP contribution in [0.2, 0.25) is 0 Å². The van der Waals surface area contributed by atoms with Gasteiger partial charge in [0.1, 0.15) is 12.4 Å². The fourth-order valence-electron chi connectivity index (χ4n) is 0.715. The van der Waals surface area contributed by atoms with E-state index in [1.807, 2.05) is 13.8 Å². The molecule has 0 aromatic heterocycles. The second-order valence-corrected chi connectivity index (χ2v) is 2.67. The van der Waals surface area contributed by atoms with Crippen LogP contribution < -0.4 is 0 Å². The van der Waals surface area contributed by atoms with E-state index in [9.17, 15) is 0 Å². The van der Waals surface area contributed by atoms with Gasteiger partial charge in [-0.2, -0.15) is 0 Å². The Kier molecular flexibility index (Phi) is 6.81. The zero-order valence-corrected chi connectivity index (χ0v) is 8.35. The highest BCUT2D eigenvalue weighted by Crippen LogP contribution is 2.03. The lowest BCUT2D eigenvalue weighted by Gasteiger charge is -2.08. The molecule has 0 atom stereocenters. The van der Waals surface area contributed by atoms with Gasteiger partial charge in [-0.05, 0) is 19.4 Å². The van der Waals surface area contributed by atoms with Crippen LogP contribution in [0.4, 0.5) is 0 Å². The summed E-state index contributed by atoms with van der Waals surface area (Å²) in [6, 6.07) is 0. The number of allylic oxidation sites excluding steroid dienone is 1. The molecule has 0 aromatic rings. The van der Waals surface area contributed by atoms with Crippen LogP contribution in [-0.2, 0) is 14.2 Å². The third-order valence-corrected chi connectivity index (χ3v) is 1.47. The molecule has 0 bridgehead atoms. The van der Waals surface area contributed by atoms with Crippen molar-refractivity contribution in [1.29, 1.82) is 0 Å². The molecule has 3 heteroatoms. The summed E-state index contributed by atoms with van der Waals surface area (Å²) in [6.07, 6.45) is 0. The normalized spacial score (nSPS) is 9.67. The topological polar surface area (TPSA) is 27.7 Å². The van der Waals surface area contributed by atoms with Gasteiger partial charge in [0.05, 0.1) is 20.3 Å². The average molecular weight is 174 g/mol. The van der Waals surface area contributed by atoms with Gasteiger partial charge in [0.25, 0.3) is 0 Å². The van der Waals surface area contributed by atoms with E-state index in [1.54, 1.807) is 14.2 Å². The molecule has 0 aliphatic heterocycles. The number of methoxy groups -OCH3 is 2. The van der Waals surface area contributed by atoms with E-state index in [1.165, 1.54) is 0 Å². The molecule has 0 amide bonds. The quantitative estimate of drug-likeness (QED) is 0.452. The number of rotatable bonds is 6. The van der Waals surface area contributed by atoms with Gasteiger partial charge >= 0.3 is 0 Å². The van der Waals surface area contributed by atoms with E-state index < -0.39 is 0 Å². The van der Waals surface area contributed by atoms with Crippen molar-refractivity contribution in [2.45, 2.75) is 13.8 Å². The molecule has 0 saturated carbocycles. The first kappa shape index (κ1) is 11.5. The molecule has 12 heavy (non-hydrogen) atoms. The van der Waals surface area contributed by atoms with E-state index >= 15 is 0 Å². The van der Waals surface area contributed by atoms with E-state index in [4.69, 9.17) is 14.2 Å². The molecule has 0 rings (SSSR count). The average Bonchev–Trinajstić information content (AvgIpc) is 2.04. The van der Waals surface area contributed by atoms with Gasteiger partial charge in [-0.25, -0.2) is 0 Å². The van der Waals surface area contributed by atoms with Crippen molar-refractivity contribution in [3.05, 3.63) is 11.3 Å². The van der Waals surface area contributed by atoms with Crippen LogP contribution in [0, 0.1) is 0 Å². The van der Waals surface area contributed by atoms with Gasteiger partial charge in [-0.15, -0.1) is 0 Å². The maximum absolute atomic E-state index is 5.28. The molecule has 72 valence electrons. The Hall–Kier alpha value is -0.540. The molecule has 0 saturated heterocycles. The minimum absolute atomic E-state index is 0.530. The van der Waals surface area contributed by atoms with Crippen molar-refractivity contribution in [2.24, 2.45) is 0 Å². The van der Waals surface area contributed by atoms with E-state index in [0.29, 0.717) is 19.8 Å². The summed E-state index contributed by atoms with van der Waals surface area (Å²) in [5.41, 5.74) is 1.15. The molecule has 0 aliphatic carbocycles. The zero-order chi connectivity index (χ0) is 9.40. The molecule has 0 spiro atoms. The first-order chi connectivity index (χ1) is 5.72. The maximum Gasteiger partial charge on any atom is 0.120 e. The summed E-state index contributed by atoms with van der Waals surface area (Å²) in [7, 11) is 3.31. The first-order valence-corrected chi connectivity index (χ1v) is 3.99. The van der Waals surface area contributed by atoms with Crippen molar-refractivity contribution in [3.8, 4) is 0 Å². The number of hydrogen-bond acceptors (Lipinski definition) is 3. The van der Waals surface area contributed by atoms with E-state index in [-0.39, 0.29) is 0 Å². The largest absolute Gasteiger partial charge is 0.499 e. The number of hydrogen-bond donors (Lipinski definition) is 0. The molecular weight excluding hydrogens is 156 g/mol. The molecule has 0 heterocycles. The van der Waals surface area contributed by atoms with Crippen LogP contribution >= 0.6 is 0 Å². The molecule has 0 radical (unpaired) electrons. The Bertz CT molecular complexity index is 137. The van der Waals surface area contributed by atoms with Crippen LogP contribution in [0.3, 0.4) is 0 Å². The molecule has 3 nitrogen and oxygen atoms in total. The molecule has 0 fully saturated rings. The van der Waals surface area contributed by atoms with Crippen LogP contribution in [0.5, 0.6) is 0 Å². The predicted molar refractivity (Wildman–Crippen MR) is 48.1 cm³/mol. The Balaban J connectivity index is 3.53. The summed E-state index contributed by atoms with van der Waals surface area (Å²) < 4.78 is 15.2. The first-order valence-electron chi connectivity index (χ1n) is 3.99. The molecule has 0 aromatic carbocycles. The van der Waals surface area contributed by atoms with Crippen LogP contribution in [0.25, 0.3) is 0 Å². The highest BCUT2D eigenvalue weighted by Gasteiger charge is 1.98. The highest BCUT2D eigenvalue weighted by molar-refractivity contribution is 5.02. The minimum Gasteiger partial charge on any atom is -0.499 e. The van der Waals surface area contributed by atoms with Crippen LogP contribution in [0.15, 0.2) is 11.3 Å². The summed E-state index contributed by atoms with van der Waals surface area (Å²) >= 11 is 0. The van der Waals surface area contributed by atoms with Crippen molar-refractivity contribution in [1.82, 2.24) is 0 Å². The van der Waals surface area contributed by atoms with Gasteiger partial charge in [0, 0.05) is 7.11 Å². The zero-order valence-electron chi connectivity index (χ0n) is 8.35. The molecule has 0 N–H and O–H groups in total. The fourth-order valence-corrected chi connectivity index (χ4v) is 0.715. The second-order valence-electron chi connectivity index (χ2n) is 2.67.